The number of hydrogen-bond donors (Lipinski definition) is 1. The first-order valence-electron chi connectivity index (χ1n) is 4.17. The van der Waals surface area contributed by atoms with Crippen molar-refractivity contribution in [1.82, 2.24) is 0 Å². The van der Waals surface area contributed by atoms with Gasteiger partial charge >= 0.3 is 0 Å². The highest BCUT2D eigenvalue weighted by Crippen LogP contribution is 2.23. The normalized spacial score (nSPS) is 21.7. The van der Waals surface area contributed by atoms with Crippen LogP contribution in [0.4, 0.5) is 0 Å². The molecule has 0 saturated heterocycles. The van der Waals surface area contributed by atoms with Crippen molar-refractivity contribution in [2.75, 3.05) is 0 Å². The molecule has 1 rings (SSSR count). The third-order valence-electron chi connectivity index (χ3n) is 2.01. The van der Waals surface area contributed by atoms with Crippen LogP contribution in [0.1, 0.15) is 33.1 Å². The third kappa shape index (κ3) is 2.46. The maximum Gasteiger partial charge on any atom is 0.0940 e. The van der Waals surface area contributed by atoms with Crippen LogP contribution in [0.2, 0.25) is 0 Å². The van der Waals surface area contributed by atoms with E-state index < -0.39 is 0 Å². The Balaban J connectivity index is 2.54. The molecule has 0 spiro atoms. The fourth-order valence-corrected chi connectivity index (χ4v) is 1.30. The summed E-state index contributed by atoms with van der Waals surface area (Å²) in [4.78, 5) is 4.15. The number of rotatable bonds is 2. The van der Waals surface area contributed by atoms with Gasteiger partial charge in [-0.25, -0.2) is 0 Å². The molecule has 11 heavy (non-hydrogen) atoms. The standard InChI is InChI=1S/C9H16N2/c1-7-4-3-5-9(7)6-11-8(2)10/h6,8H,3-5,10H2,1-2H3/b11-6-. The van der Waals surface area contributed by atoms with Gasteiger partial charge in [0, 0.05) is 6.21 Å². The molecule has 2 heteroatoms. The van der Waals surface area contributed by atoms with Gasteiger partial charge in [0.15, 0.2) is 0 Å². The molecule has 62 valence electrons. The van der Waals surface area contributed by atoms with Crippen LogP contribution in [0, 0.1) is 0 Å². The van der Waals surface area contributed by atoms with Crippen molar-refractivity contribution < 1.29 is 0 Å². The van der Waals surface area contributed by atoms with E-state index in [1.54, 1.807) is 0 Å². The van der Waals surface area contributed by atoms with E-state index in [0.29, 0.717) is 0 Å². The molecular weight excluding hydrogens is 136 g/mol. The number of nitrogens with two attached hydrogens (primary N) is 1. The zero-order chi connectivity index (χ0) is 8.27. The van der Waals surface area contributed by atoms with Crippen LogP contribution in [-0.2, 0) is 0 Å². The summed E-state index contributed by atoms with van der Waals surface area (Å²) in [6.07, 6.45) is 5.58. The molecule has 0 aliphatic heterocycles. The molecule has 0 fully saturated rings. The molecule has 1 unspecified atom stereocenters. The molecule has 2 nitrogen and oxygen atoms in total. The smallest absolute Gasteiger partial charge is 0.0940 e. The molecule has 0 saturated carbocycles. The average molecular weight is 152 g/mol. The van der Waals surface area contributed by atoms with E-state index in [1.165, 1.54) is 30.4 Å². The van der Waals surface area contributed by atoms with E-state index in [2.05, 4.69) is 11.9 Å². The minimum absolute atomic E-state index is 0.0594. The SMILES string of the molecule is CC1=C(/C=N\C(C)N)CCC1. The van der Waals surface area contributed by atoms with E-state index in [0.717, 1.165) is 0 Å². The van der Waals surface area contributed by atoms with Gasteiger partial charge in [-0.1, -0.05) is 5.57 Å². The maximum atomic E-state index is 5.50. The van der Waals surface area contributed by atoms with Gasteiger partial charge in [-0.15, -0.1) is 0 Å². The minimum atomic E-state index is -0.0594. The van der Waals surface area contributed by atoms with Crippen LogP contribution in [0.3, 0.4) is 0 Å². The first kappa shape index (κ1) is 8.47. The first-order chi connectivity index (χ1) is 5.20. The highest BCUT2D eigenvalue weighted by atomic mass is 14.9. The predicted octanol–water partition coefficient (Wildman–Crippen LogP) is 1.86. The molecule has 0 bridgehead atoms. The molecule has 0 amide bonds. The second-order valence-electron chi connectivity index (χ2n) is 3.18. The molecule has 1 aliphatic rings. The van der Waals surface area contributed by atoms with Crippen molar-refractivity contribution in [3.8, 4) is 0 Å². The van der Waals surface area contributed by atoms with Gasteiger partial charge in [-0.05, 0) is 38.7 Å². The Morgan fingerprint density at radius 2 is 2.27 bits per heavy atom. The lowest BCUT2D eigenvalue weighted by Gasteiger charge is -1.97. The second kappa shape index (κ2) is 3.67. The van der Waals surface area contributed by atoms with Crippen molar-refractivity contribution in [2.45, 2.75) is 39.3 Å². The van der Waals surface area contributed by atoms with E-state index in [9.17, 15) is 0 Å². The van der Waals surface area contributed by atoms with Gasteiger partial charge in [-0.3, -0.25) is 4.99 Å². The summed E-state index contributed by atoms with van der Waals surface area (Å²) in [7, 11) is 0. The Bertz CT molecular complexity index is 190. The van der Waals surface area contributed by atoms with E-state index in [4.69, 9.17) is 5.73 Å². The van der Waals surface area contributed by atoms with E-state index in [1.807, 2.05) is 13.1 Å². The van der Waals surface area contributed by atoms with Gasteiger partial charge in [-0.2, -0.15) is 0 Å². The number of allylic oxidation sites excluding steroid dienone is 2. The summed E-state index contributed by atoms with van der Waals surface area (Å²) < 4.78 is 0. The van der Waals surface area contributed by atoms with Crippen molar-refractivity contribution in [3.05, 3.63) is 11.1 Å². The molecule has 0 radical (unpaired) electrons. The fraction of sp³-hybridized carbons (Fsp3) is 0.667. The Labute approximate surface area is 68.2 Å². The number of aliphatic imine (C=N–C) groups is 1. The largest absolute Gasteiger partial charge is 0.310 e. The van der Waals surface area contributed by atoms with Gasteiger partial charge in [0.05, 0.1) is 6.17 Å². The zero-order valence-corrected chi connectivity index (χ0v) is 7.30. The van der Waals surface area contributed by atoms with Crippen LogP contribution < -0.4 is 5.73 Å². The highest BCUT2D eigenvalue weighted by molar-refractivity contribution is 5.80. The molecule has 0 aromatic rings. The lowest BCUT2D eigenvalue weighted by molar-refractivity contribution is 0.795. The zero-order valence-electron chi connectivity index (χ0n) is 7.30. The average Bonchev–Trinajstić information content (AvgIpc) is 2.31. The number of hydrogen-bond acceptors (Lipinski definition) is 2. The minimum Gasteiger partial charge on any atom is -0.310 e. The summed E-state index contributed by atoms with van der Waals surface area (Å²) in [5.41, 5.74) is 8.37. The summed E-state index contributed by atoms with van der Waals surface area (Å²) in [5, 5.41) is 0. The van der Waals surface area contributed by atoms with Gasteiger partial charge < -0.3 is 5.73 Å². The molecule has 1 atom stereocenters. The van der Waals surface area contributed by atoms with E-state index >= 15 is 0 Å². The van der Waals surface area contributed by atoms with Crippen LogP contribution in [-0.4, -0.2) is 12.4 Å². The van der Waals surface area contributed by atoms with Crippen molar-refractivity contribution in [3.63, 3.8) is 0 Å². The maximum absolute atomic E-state index is 5.50. The molecule has 2 N–H and O–H groups in total. The van der Waals surface area contributed by atoms with Crippen LogP contribution >= 0.6 is 0 Å². The Kier molecular flexibility index (Phi) is 2.83. The summed E-state index contributed by atoms with van der Waals surface area (Å²) >= 11 is 0. The highest BCUT2D eigenvalue weighted by Gasteiger charge is 2.07. The van der Waals surface area contributed by atoms with Gasteiger partial charge in [0.2, 0.25) is 0 Å². The topological polar surface area (TPSA) is 38.4 Å². The van der Waals surface area contributed by atoms with Gasteiger partial charge in [0.1, 0.15) is 0 Å². The van der Waals surface area contributed by atoms with Crippen molar-refractivity contribution in [1.29, 1.82) is 0 Å². The fourth-order valence-electron chi connectivity index (χ4n) is 1.30. The van der Waals surface area contributed by atoms with Crippen molar-refractivity contribution in [2.24, 2.45) is 10.7 Å². The summed E-state index contributed by atoms with van der Waals surface area (Å²) in [6, 6.07) is 0. The van der Waals surface area contributed by atoms with Crippen LogP contribution in [0.15, 0.2) is 16.1 Å². The lowest BCUT2D eigenvalue weighted by atomic mass is 10.2. The monoisotopic (exact) mass is 152 g/mol. The predicted molar refractivity (Wildman–Crippen MR) is 48.7 cm³/mol. The molecule has 0 aromatic heterocycles. The molecule has 0 heterocycles. The van der Waals surface area contributed by atoms with E-state index in [-0.39, 0.29) is 6.17 Å². The molecule has 0 aromatic carbocycles. The Morgan fingerprint density at radius 3 is 2.73 bits per heavy atom. The first-order valence-corrected chi connectivity index (χ1v) is 4.17. The summed E-state index contributed by atoms with van der Waals surface area (Å²) in [5.74, 6) is 0. The number of nitrogens with zero attached hydrogens (tertiary/aromatic N) is 1. The second-order valence-corrected chi connectivity index (χ2v) is 3.18. The Morgan fingerprint density at radius 1 is 1.55 bits per heavy atom. The van der Waals surface area contributed by atoms with Crippen LogP contribution in [0.5, 0.6) is 0 Å². The molecular formula is C9H16N2. The quantitative estimate of drug-likeness (QED) is 0.603. The van der Waals surface area contributed by atoms with Gasteiger partial charge in [0.25, 0.3) is 0 Å². The Hall–Kier alpha value is -0.630. The van der Waals surface area contributed by atoms with Crippen molar-refractivity contribution >= 4 is 6.21 Å². The summed E-state index contributed by atoms with van der Waals surface area (Å²) in [6.45, 7) is 4.07. The lowest BCUT2D eigenvalue weighted by Crippen LogP contribution is -2.11. The molecule has 1 aliphatic carbocycles. The van der Waals surface area contributed by atoms with Crippen LogP contribution in [0.25, 0.3) is 0 Å². The third-order valence-corrected chi connectivity index (χ3v) is 2.01.